The van der Waals surface area contributed by atoms with Crippen LogP contribution in [0.3, 0.4) is 0 Å². The van der Waals surface area contributed by atoms with Crippen molar-refractivity contribution in [3.63, 3.8) is 0 Å². The van der Waals surface area contributed by atoms with Crippen molar-refractivity contribution in [3.05, 3.63) is 35.0 Å². The number of nitrogens with zero attached hydrogens (tertiary/aromatic N) is 1. The highest BCUT2D eigenvalue weighted by atomic mass is 16.5. The van der Waals surface area contributed by atoms with E-state index >= 15 is 0 Å². The molecule has 6 nitrogen and oxygen atoms in total. The number of benzene rings is 1. The Morgan fingerprint density at radius 2 is 2.10 bits per heavy atom. The van der Waals surface area contributed by atoms with Crippen LogP contribution in [-0.4, -0.2) is 30.3 Å². The quantitative estimate of drug-likeness (QED) is 0.907. The molecule has 0 fully saturated rings. The number of fused-ring (bicyclic) bond motifs is 1. The molecule has 1 atom stereocenters. The molecule has 0 bridgehead atoms. The Balaban J connectivity index is 2.16. The first-order valence-electron chi connectivity index (χ1n) is 6.70. The van der Waals surface area contributed by atoms with E-state index in [1.54, 1.807) is 14.2 Å². The maximum Gasteiger partial charge on any atom is 0.226 e. The van der Waals surface area contributed by atoms with Crippen molar-refractivity contribution >= 4 is 11.7 Å². The first-order chi connectivity index (χ1) is 10.1. The molecule has 1 unspecified atom stereocenters. The summed E-state index contributed by atoms with van der Waals surface area (Å²) in [6.07, 6.45) is 0.358. The Kier molecular flexibility index (Phi) is 3.29. The molecule has 3 rings (SSSR count). The van der Waals surface area contributed by atoms with Gasteiger partial charge in [-0.2, -0.15) is 5.10 Å². The number of rotatable bonds is 3. The predicted molar refractivity (Wildman–Crippen MR) is 78.0 cm³/mol. The second kappa shape index (κ2) is 5.12. The van der Waals surface area contributed by atoms with Gasteiger partial charge in [-0.3, -0.25) is 9.89 Å². The largest absolute Gasteiger partial charge is 0.497 e. The molecule has 2 N–H and O–H groups in total. The molecular weight excluding hydrogens is 270 g/mol. The average Bonchev–Trinajstić information content (AvgIpc) is 2.87. The number of ether oxygens (including phenoxy) is 2. The highest BCUT2D eigenvalue weighted by Crippen LogP contribution is 2.42. The Morgan fingerprint density at radius 3 is 2.81 bits per heavy atom. The van der Waals surface area contributed by atoms with Crippen molar-refractivity contribution in [2.75, 3.05) is 19.5 Å². The van der Waals surface area contributed by atoms with E-state index in [0.29, 0.717) is 12.2 Å². The molecule has 2 aromatic rings. The molecule has 0 aliphatic carbocycles. The molecule has 1 aromatic carbocycles. The summed E-state index contributed by atoms with van der Waals surface area (Å²) in [6, 6.07) is 5.61. The fourth-order valence-corrected chi connectivity index (χ4v) is 2.81. The number of aryl methyl sites for hydroxylation is 1. The number of anilines is 1. The molecule has 0 saturated carbocycles. The Bertz CT molecular complexity index is 693. The van der Waals surface area contributed by atoms with Gasteiger partial charge in [-0.1, -0.05) is 0 Å². The fourth-order valence-electron chi connectivity index (χ4n) is 2.81. The average molecular weight is 287 g/mol. The van der Waals surface area contributed by atoms with Crippen LogP contribution in [0.1, 0.15) is 29.2 Å². The normalized spacial score (nSPS) is 17.1. The first-order valence-corrected chi connectivity index (χ1v) is 6.70. The minimum absolute atomic E-state index is 0.0520. The summed E-state index contributed by atoms with van der Waals surface area (Å²) in [5.74, 6) is 1.92. The van der Waals surface area contributed by atoms with E-state index in [-0.39, 0.29) is 11.8 Å². The van der Waals surface area contributed by atoms with E-state index in [0.717, 1.165) is 28.3 Å². The van der Waals surface area contributed by atoms with Gasteiger partial charge in [0.1, 0.15) is 11.5 Å². The molecule has 1 aromatic heterocycles. The number of H-pyrrole nitrogens is 1. The van der Waals surface area contributed by atoms with Gasteiger partial charge in [-0.05, 0) is 25.1 Å². The lowest BCUT2D eigenvalue weighted by molar-refractivity contribution is -0.116. The highest BCUT2D eigenvalue weighted by molar-refractivity contribution is 5.94. The number of hydrogen-bond donors (Lipinski definition) is 2. The van der Waals surface area contributed by atoms with Gasteiger partial charge in [-0.15, -0.1) is 0 Å². The van der Waals surface area contributed by atoms with Crippen LogP contribution in [-0.2, 0) is 4.79 Å². The first kappa shape index (κ1) is 13.5. The standard InChI is InChI=1S/C15H17N3O3/c1-8-14-11(7-13(19)16-15(14)18-17-8)10-6-9(20-2)4-5-12(10)21-3/h4-6,11H,7H2,1-3H3,(H2,16,17,18,19). The zero-order chi connectivity index (χ0) is 15.0. The van der Waals surface area contributed by atoms with Crippen molar-refractivity contribution < 1.29 is 14.3 Å². The van der Waals surface area contributed by atoms with Gasteiger partial charge in [0.15, 0.2) is 5.82 Å². The molecule has 1 aliphatic heterocycles. The van der Waals surface area contributed by atoms with E-state index in [4.69, 9.17) is 9.47 Å². The third kappa shape index (κ3) is 2.22. The van der Waals surface area contributed by atoms with Crippen LogP contribution in [0.25, 0.3) is 0 Å². The molecule has 6 heteroatoms. The van der Waals surface area contributed by atoms with Gasteiger partial charge in [0.2, 0.25) is 5.91 Å². The second-order valence-corrected chi connectivity index (χ2v) is 5.02. The summed E-state index contributed by atoms with van der Waals surface area (Å²) >= 11 is 0. The summed E-state index contributed by atoms with van der Waals surface area (Å²) in [5.41, 5.74) is 2.87. The van der Waals surface area contributed by atoms with E-state index in [1.165, 1.54) is 0 Å². The Morgan fingerprint density at radius 1 is 1.29 bits per heavy atom. The third-order valence-corrected chi connectivity index (χ3v) is 3.80. The topological polar surface area (TPSA) is 76.2 Å². The van der Waals surface area contributed by atoms with Gasteiger partial charge in [0.25, 0.3) is 0 Å². The Hall–Kier alpha value is -2.50. The molecule has 110 valence electrons. The maximum absolute atomic E-state index is 11.9. The number of methoxy groups -OCH3 is 2. The van der Waals surface area contributed by atoms with Crippen LogP contribution in [0.5, 0.6) is 11.5 Å². The van der Waals surface area contributed by atoms with E-state index < -0.39 is 0 Å². The van der Waals surface area contributed by atoms with Crippen molar-refractivity contribution in [1.29, 1.82) is 0 Å². The SMILES string of the molecule is COc1ccc(OC)c(C2CC(=O)Nc3n[nH]c(C)c32)c1. The molecule has 2 heterocycles. The lowest BCUT2D eigenvalue weighted by Crippen LogP contribution is -2.23. The highest BCUT2D eigenvalue weighted by Gasteiger charge is 2.32. The zero-order valence-electron chi connectivity index (χ0n) is 12.2. The molecule has 0 radical (unpaired) electrons. The van der Waals surface area contributed by atoms with Crippen molar-refractivity contribution in [2.24, 2.45) is 0 Å². The summed E-state index contributed by atoms with van der Waals surface area (Å²) in [7, 11) is 3.24. The zero-order valence-corrected chi connectivity index (χ0v) is 12.2. The number of carbonyl (C=O) groups is 1. The van der Waals surface area contributed by atoms with Gasteiger partial charge >= 0.3 is 0 Å². The fraction of sp³-hybridized carbons (Fsp3) is 0.333. The number of hydrogen-bond acceptors (Lipinski definition) is 4. The van der Waals surface area contributed by atoms with Crippen LogP contribution < -0.4 is 14.8 Å². The summed E-state index contributed by atoms with van der Waals surface area (Å²) in [6.45, 7) is 1.95. The lowest BCUT2D eigenvalue weighted by Gasteiger charge is -2.24. The minimum atomic E-state index is -0.0995. The van der Waals surface area contributed by atoms with Gasteiger partial charge in [-0.25, -0.2) is 0 Å². The molecule has 0 spiro atoms. The number of carbonyl (C=O) groups excluding carboxylic acids is 1. The smallest absolute Gasteiger partial charge is 0.226 e. The van der Waals surface area contributed by atoms with Crippen molar-refractivity contribution in [2.45, 2.75) is 19.3 Å². The molecule has 1 aliphatic rings. The van der Waals surface area contributed by atoms with Crippen LogP contribution in [0.2, 0.25) is 0 Å². The lowest BCUT2D eigenvalue weighted by atomic mass is 9.85. The third-order valence-electron chi connectivity index (χ3n) is 3.80. The van der Waals surface area contributed by atoms with Crippen LogP contribution in [0.15, 0.2) is 18.2 Å². The summed E-state index contributed by atoms with van der Waals surface area (Å²) in [5, 5.41) is 9.87. The van der Waals surface area contributed by atoms with Gasteiger partial charge in [0.05, 0.1) is 14.2 Å². The van der Waals surface area contributed by atoms with E-state index in [1.807, 2.05) is 25.1 Å². The van der Waals surface area contributed by atoms with Crippen molar-refractivity contribution in [3.8, 4) is 11.5 Å². The minimum Gasteiger partial charge on any atom is -0.497 e. The molecule has 0 saturated heterocycles. The Labute approximate surface area is 122 Å². The van der Waals surface area contributed by atoms with Crippen molar-refractivity contribution in [1.82, 2.24) is 10.2 Å². The number of aromatic nitrogens is 2. The number of amides is 1. The number of aromatic amines is 1. The van der Waals surface area contributed by atoms with Crippen LogP contribution in [0, 0.1) is 6.92 Å². The van der Waals surface area contributed by atoms with Gasteiger partial charge < -0.3 is 14.8 Å². The summed E-state index contributed by atoms with van der Waals surface area (Å²) in [4.78, 5) is 11.9. The molecular formula is C15H17N3O3. The van der Waals surface area contributed by atoms with E-state index in [2.05, 4.69) is 15.5 Å². The summed E-state index contributed by atoms with van der Waals surface area (Å²) < 4.78 is 10.7. The van der Waals surface area contributed by atoms with Crippen LogP contribution in [0.4, 0.5) is 5.82 Å². The monoisotopic (exact) mass is 287 g/mol. The van der Waals surface area contributed by atoms with Gasteiger partial charge in [0, 0.05) is 29.2 Å². The maximum atomic E-state index is 11.9. The van der Waals surface area contributed by atoms with E-state index in [9.17, 15) is 4.79 Å². The molecule has 21 heavy (non-hydrogen) atoms. The second-order valence-electron chi connectivity index (χ2n) is 5.02. The van der Waals surface area contributed by atoms with Crippen LogP contribution >= 0.6 is 0 Å². The number of nitrogens with one attached hydrogen (secondary N) is 2. The predicted octanol–water partition coefficient (Wildman–Crippen LogP) is 2.21. The molecule has 1 amide bonds.